The van der Waals surface area contributed by atoms with Crippen LogP contribution in [0.4, 0.5) is 4.79 Å². The largest absolute Gasteiger partial charge is 0.337 e. The van der Waals surface area contributed by atoms with Gasteiger partial charge in [0.2, 0.25) is 0 Å². The first kappa shape index (κ1) is 18.1. The predicted molar refractivity (Wildman–Crippen MR) is 80.3 cm³/mol. The molecular formula is C14H25N3O3. The van der Waals surface area contributed by atoms with Crippen LogP contribution >= 0.6 is 0 Å². The number of rotatable bonds is 5. The van der Waals surface area contributed by atoms with Gasteiger partial charge < -0.3 is 5.32 Å². The van der Waals surface area contributed by atoms with E-state index in [1.807, 2.05) is 13.8 Å². The number of carbonyl (C=O) groups excluding carboxylic acids is 1. The average Bonchev–Trinajstić information content (AvgIpc) is 2.44. The van der Waals surface area contributed by atoms with Crippen molar-refractivity contribution in [3.63, 3.8) is 0 Å². The van der Waals surface area contributed by atoms with Crippen LogP contribution in [-0.4, -0.2) is 22.1 Å². The third kappa shape index (κ3) is 5.86. The first-order chi connectivity index (χ1) is 9.56. The molecule has 6 nitrogen and oxygen atoms in total. The van der Waals surface area contributed by atoms with Crippen molar-refractivity contribution in [3.05, 3.63) is 32.6 Å². The molecule has 0 saturated carbocycles. The Morgan fingerprint density at radius 2 is 1.90 bits per heavy atom. The molecule has 0 spiro atoms. The van der Waals surface area contributed by atoms with Crippen molar-refractivity contribution in [2.75, 3.05) is 6.54 Å². The molecule has 1 amide bonds. The normalized spacial score (nSPS) is 9.60. The Kier molecular flexibility index (Phi) is 9.07. The Balaban J connectivity index is 0.00000172. The van der Waals surface area contributed by atoms with Gasteiger partial charge in [-0.3, -0.25) is 9.78 Å². The van der Waals surface area contributed by atoms with Crippen LogP contribution in [0.15, 0.2) is 15.8 Å². The summed E-state index contributed by atoms with van der Waals surface area (Å²) < 4.78 is 0.885. The number of aromatic amines is 1. The van der Waals surface area contributed by atoms with Crippen molar-refractivity contribution in [2.24, 2.45) is 0 Å². The summed E-state index contributed by atoms with van der Waals surface area (Å²) in [6, 6.07) is -0.504. The number of nitrogens with one attached hydrogen (secondary N) is 2. The SMILES string of the molecule is CC.CCCCCCNC(=O)n1cc(C)c(=O)[nH]c1=O. The highest BCUT2D eigenvalue weighted by molar-refractivity contribution is 5.76. The minimum Gasteiger partial charge on any atom is -0.337 e. The molecule has 114 valence electrons. The number of aromatic nitrogens is 2. The zero-order chi connectivity index (χ0) is 15.5. The monoisotopic (exact) mass is 283 g/mol. The Bertz CT molecular complexity index is 517. The zero-order valence-corrected chi connectivity index (χ0v) is 12.8. The molecule has 20 heavy (non-hydrogen) atoms. The van der Waals surface area contributed by atoms with Crippen molar-refractivity contribution in [3.8, 4) is 0 Å². The molecule has 0 saturated heterocycles. The number of nitrogens with zero attached hydrogens (tertiary/aromatic N) is 1. The quantitative estimate of drug-likeness (QED) is 0.811. The predicted octanol–water partition coefficient (Wildman–Crippen LogP) is 2.01. The highest BCUT2D eigenvalue weighted by Gasteiger charge is 2.07. The van der Waals surface area contributed by atoms with Gasteiger partial charge in [-0.05, 0) is 13.3 Å². The van der Waals surface area contributed by atoms with E-state index in [0.29, 0.717) is 12.1 Å². The van der Waals surface area contributed by atoms with E-state index in [-0.39, 0.29) is 0 Å². The lowest BCUT2D eigenvalue weighted by molar-refractivity contribution is 0.241. The van der Waals surface area contributed by atoms with Gasteiger partial charge >= 0.3 is 11.7 Å². The van der Waals surface area contributed by atoms with E-state index < -0.39 is 17.3 Å². The molecule has 1 aromatic heterocycles. The second-order valence-corrected chi connectivity index (χ2v) is 4.23. The van der Waals surface area contributed by atoms with Crippen LogP contribution in [0, 0.1) is 6.92 Å². The van der Waals surface area contributed by atoms with Crippen molar-refractivity contribution in [1.82, 2.24) is 14.9 Å². The lowest BCUT2D eigenvalue weighted by Gasteiger charge is -2.06. The van der Waals surface area contributed by atoms with Gasteiger partial charge in [0.1, 0.15) is 0 Å². The summed E-state index contributed by atoms with van der Waals surface area (Å²) in [4.78, 5) is 36.3. The smallest absolute Gasteiger partial charge is 0.336 e. The first-order valence-electron chi connectivity index (χ1n) is 7.17. The van der Waals surface area contributed by atoms with E-state index >= 15 is 0 Å². The highest BCUT2D eigenvalue weighted by Crippen LogP contribution is 1.97. The van der Waals surface area contributed by atoms with Gasteiger partial charge in [0.05, 0.1) is 0 Å². The maximum atomic E-state index is 11.7. The number of hydrogen-bond acceptors (Lipinski definition) is 3. The highest BCUT2D eigenvalue weighted by atomic mass is 16.2. The van der Waals surface area contributed by atoms with E-state index in [1.54, 1.807) is 6.92 Å². The minimum absolute atomic E-state index is 0.329. The van der Waals surface area contributed by atoms with Crippen LogP contribution in [0.25, 0.3) is 0 Å². The second-order valence-electron chi connectivity index (χ2n) is 4.23. The molecule has 1 rings (SSSR count). The van der Waals surface area contributed by atoms with Crippen LogP contribution in [-0.2, 0) is 0 Å². The van der Waals surface area contributed by atoms with Gasteiger partial charge in [-0.1, -0.05) is 40.0 Å². The number of hydrogen-bond donors (Lipinski definition) is 2. The van der Waals surface area contributed by atoms with E-state index in [1.165, 1.54) is 6.20 Å². The second kappa shape index (κ2) is 10.00. The molecule has 0 radical (unpaired) electrons. The Hall–Kier alpha value is -1.85. The number of unbranched alkanes of at least 4 members (excludes halogenated alkanes) is 3. The average molecular weight is 283 g/mol. The lowest BCUT2D eigenvalue weighted by atomic mass is 10.2. The van der Waals surface area contributed by atoms with Gasteiger partial charge in [0.15, 0.2) is 0 Å². The van der Waals surface area contributed by atoms with Gasteiger partial charge in [-0.2, -0.15) is 0 Å². The summed E-state index contributed by atoms with van der Waals surface area (Å²) in [6.45, 7) is 8.19. The van der Waals surface area contributed by atoms with Crippen molar-refractivity contribution in [2.45, 2.75) is 53.4 Å². The van der Waals surface area contributed by atoms with Crippen LogP contribution in [0.3, 0.4) is 0 Å². The summed E-state index contributed by atoms with van der Waals surface area (Å²) in [5, 5.41) is 2.65. The van der Waals surface area contributed by atoms with Gasteiger partial charge in [0.25, 0.3) is 5.56 Å². The van der Waals surface area contributed by atoms with Crippen molar-refractivity contribution >= 4 is 6.03 Å². The standard InChI is InChI=1S/C12H19N3O3.C2H6/c1-3-4-5-6-7-13-11(17)15-8-9(2)10(16)14-12(15)18;1-2/h8H,3-7H2,1-2H3,(H,13,17)(H,14,16,18);1-2H3. The Morgan fingerprint density at radius 3 is 2.50 bits per heavy atom. The van der Waals surface area contributed by atoms with Crippen molar-refractivity contribution in [1.29, 1.82) is 0 Å². The van der Waals surface area contributed by atoms with Crippen LogP contribution in [0.5, 0.6) is 0 Å². The summed E-state index contributed by atoms with van der Waals surface area (Å²) in [5.41, 5.74) is -0.848. The fourth-order valence-corrected chi connectivity index (χ4v) is 1.55. The molecule has 1 aromatic rings. The fraction of sp³-hybridized carbons (Fsp3) is 0.643. The van der Waals surface area contributed by atoms with Crippen LogP contribution in [0.1, 0.15) is 52.0 Å². The zero-order valence-electron chi connectivity index (χ0n) is 12.8. The topological polar surface area (TPSA) is 84.0 Å². The molecule has 0 aliphatic heterocycles. The Labute approximate surface area is 119 Å². The van der Waals surface area contributed by atoms with Crippen LogP contribution < -0.4 is 16.6 Å². The molecule has 1 heterocycles. The van der Waals surface area contributed by atoms with Gasteiger partial charge in [0, 0.05) is 18.3 Å². The van der Waals surface area contributed by atoms with E-state index in [0.717, 1.165) is 30.3 Å². The van der Waals surface area contributed by atoms with E-state index in [2.05, 4.69) is 17.2 Å². The number of carbonyl (C=O) groups is 1. The molecule has 0 aromatic carbocycles. The Morgan fingerprint density at radius 1 is 1.25 bits per heavy atom. The molecule has 0 aliphatic rings. The van der Waals surface area contributed by atoms with Crippen molar-refractivity contribution < 1.29 is 4.79 Å². The lowest BCUT2D eigenvalue weighted by Crippen LogP contribution is -2.40. The minimum atomic E-state index is -0.711. The summed E-state index contributed by atoms with van der Waals surface area (Å²) in [5.74, 6) is 0. The third-order valence-electron chi connectivity index (χ3n) is 2.65. The summed E-state index contributed by atoms with van der Waals surface area (Å²) in [7, 11) is 0. The fourth-order valence-electron chi connectivity index (χ4n) is 1.55. The van der Waals surface area contributed by atoms with Gasteiger partial charge in [-0.25, -0.2) is 14.2 Å². The number of H-pyrrole nitrogens is 1. The molecule has 0 atom stereocenters. The maximum Gasteiger partial charge on any atom is 0.336 e. The molecule has 0 bridgehead atoms. The van der Waals surface area contributed by atoms with Gasteiger partial charge in [-0.15, -0.1) is 0 Å². The molecule has 0 fully saturated rings. The molecular weight excluding hydrogens is 258 g/mol. The summed E-state index contributed by atoms with van der Waals surface area (Å²) in [6.07, 6.45) is 5.45. The summed E-state index contributed by atoms with van der Waals surface area (Å²) >= 11 is 0. The molecule has 0 unspecified atom stereocenters. The third-order valence-corrected chi connectivity index (χ3v) is 2.65. The number of aryl methyl sites for hydroxylation is 1. The van der Waals surface area contributed by atoms with E-state index in [9.17, 15) is 14.4 Å². The molecule has 2 N–H and O–H groups in total. The van der Waals surface area contributed by atoms with E-state index in [4.69, 9.17) is 0 Å². The first-order valence-corrected chi connectivity index (χ1v) is 7.17. The molecule has 6 heteroatoms. The number of amides is 1. The molecule has 0 aliphatic carbocycles. The van der Waals surface area contributed by atoms with Crippen LogP contribution in [0.2, 0.25) is 0 Å². The maximum absolute atomic E-state index is 11.7.